The van der Waals surface area contributed by atoms with Gasteiger partial charge in [-0.2, -0.15) is 13.2 Å². The molecule has 0 bridgehead atoms. The van der Waals surface area contributed by atoms with Crippen LogP contribution in [0.1, 0.15) is 27.6 Å². The fourth-order valence-electron chi connectivity index (χ4n) is 2.84. The van der Waals surface area contributed by atoms with Gasteiger partial charge in [0.25, 0.3) is 5.91 Å². The van der Waals surface area contributed by atoms with Crippen molar-refractivity contribution in [2.45, 2.75) is 19.3 Å². The number of hydrogen-bond donors (Lipinski definition) is 1. The number of nitrogens with zero attached hydrogens (tertiary/aromatic N) is 5. The van der Waals surface area contributed by atoms with E-state index >= 15 is 0 Å². The van der Waals surface area contributed by atoms with Crippen molar-refractivity contribution in [3.8, 4) is 0 Å². The van der Waals surface area contributed by atoms with Crippen molar-refractivity contribution in [1.29, 1.82) is 0 Å². The van der Waals surface area contributed by atoms with Crippen LogP contribution in [0.5, 0.6) is 0 Å². The molecule has 1 aromatic heterocycles. The fraction of sp³-hybridized carbons (Fsp3) is 0.222. The second-order valence-corrected chi connectivity index (χ2v) is 6.54. The predicted molar refractivity (Wildman–Crippen MR) is 102 cm³/mol. The number of aromatic nitrogens is 3. The molecule has 2 aromatic rings. The normalized spacial score (nSPS) is 14.9. The Hall–Kier alpha value is -3.14. The van der Waals surface area contributed by atoms with Crippen LogP contribution in [0.15, 0.2) is 42.0 Å². The minimum Gasteiger partial charge on any atom is -0.394 e. The van der Waals surface area contributed by atoms with Crippen LogP contribution in [-0.2, 0) is 19.3 Å². The van der Waals surface area contributed by atoms with Crippen LogP contribution in [0, 0.1) is 0 Å². The van der Waals surface area contributed by atoms with Gasteiger partial charge in [0.15, 0.2) is 11.6 Å². The molecule has 1 aliphatic rings. The maximum atomic E-state index is 13.1. The number of amides is 1. The average molecular weight is 425 g/mol. The Balaban J connectivity index is 1.82. The molecule has 7 nitrogen and oxygen atoms in total. The van der Waals surface area contributed by atoms with Crippen LogP contribution >= 0.6 is 11.6 Å². The first-order valence-electron chi connectivity index (χ1n) is 8.40. The minimum absolute atomic E-state index is 0.0824. The average Bonchev–Trinajstić information content (AvgIpc) is 3.10. The van der Waals surface area contributed by atoms with Crippen LogP contribution in [-0.4, -0.2) is 38.3 Å². The summed E-state index contributed by atoms with van der Waals surface area (Å²) in [6, 6.07) is 3.09. The Morgan fingerprint density at radius 1 is 1.31 bits per heavy atom. The maximum absolute atomic E-state index is 13.1. The number of rotatable bonds is 4. The Kier molecular flexibility index (Phi) is 5.73. The number of hydrogen-bond acceptors (Lipinski definition) is 5. The van der Waals surface area contributed by atoms with E-state index in [4.69, 9.17) is 17.3 Å². The lowest BCUT2D eigenvalue weighted by atomic mass is 10.1. The van der Waals surface area contributed by atoms with Crippen LogP contribution in [0.25, 0.3) is 5.70 Å². The zero-order valence-corrected chi connectivity index (χ0v) is 15.8. The Morgan fingerprint density at radius 3 is 2.76 bits per heavy atom. The summed E-state index contributed by atoms with van der Waals surface area (Å²) in [5, 5.41) is 7.59. The predicted octanol–water partition coefficient (Wildman–Crippen LogP) is 3.12. The number of allylic oxidation sites excluding steroid dienone is 1. The number of nitrogens with two attached hydrogens (primary N) is 1. The summed E-state index contributed by atoms with van der Waals surface area (Å²) in [4.78, 5) is 18.0. The van der Waals surface area contributed by atoms with E-state index in [9.17, 15) is 18.0 Å². The molecule has 1 aliphatic heterocycles. The van der Waals surface area contributed by atoms with E-state index < -0.39 is 22.7 Å². The summed E-state index contributed by atoms with van der Waals surface area (Å²) in [7, 11) is 0. The SMILES string of the molecule is C=CC=N/C=C(\N)c1nnc2n1CCN(C(=O)c1ccc(Cl)c(C(F)(F)F)c1)C2. The minimum atomic E-state index is -4.65. The standard InChI is InChI=1S/C18H16ClF3N6O/c1-2-5-24-9-14(23)16-26-25-15-10-27(6-7-28(15)16)17(29)11-3-4-13(19)12(8-11)18(20,21)22/h2-5,8-9H,1,6-7,10,23H2/b14-9-,24-5?. The van der Waals surface area contributed by atoms with Gasteiger partial charge >= 0.3 is 6.18 Å². The number of alkyl halides is 3. The molecule has 11 heteroatoms. The van der Waals surface area contributed by atoms with Gasteiger partial charge in [-0.25, -0.2) is 0 Å². The van der Waals surface area contributed by atoms with Crippen molar-refractivity contribution < 1.29 is 18.0 Å². The molecular formula is C18H16ClF3N6O. The van der Waals surface area contributed by atoms with Crippen LogP contribution in [0.4, 0.5) is 13.2 Å². The molecule has 29 heavy (non-hydrogen) atoms. The highest BCUT2D eigenvalue weighted by Crippen LogP contribution is 2.35. The van der Waals surface area contributed by atoms with Crippen LogP contribution in [0.3, 0.4) is 0 Å². The van der Waals surface area contributed by atoms with Gasteiger partial charge in [0.1, 0.15) is 0 Å². The molecule has 0 saturated heterocycles. The highest BCUT2D eigenvalue weighted by molar-refractivity contribution is 6.31. The summed E-state index contributed by atoms with van der Waals surface area (Å²) in [6.45, 7) is 4.18. The molecule has 0 radical (unpaired) electrons. The van der Waals surface area contributed by atoms with Crippen molar-refractivity contribution in [2.75, 3.05) is 6.54 Å². The van der Waals surface area contributed by atoms with Crippen molar-refractivity contribution in [2.24, 2.45) is 10.7 Å². The van der Waals surface area contributed by atoms with E-state index in [0.717, 1.165) is 12.1 Å². The van der Waals surface area contributed by atoms with Crippen molar-refractivity contribution in [3.63, 3.8) is 0 Å². The number of carbonyl (C=O) groups is 1. The van der Waals surface area contributed by atoms with Crippen LogP contribution < -0.4 is 5.73 Å². The van der Waals surface area contributed by atoms with E-state index in [2.05, 4.69) is 21.8 Å². The maximum Gasteiger partial charge on any atom is 0.417 e. The molecule has 1 aromatic carbocycles. The first-order chi connectivity index (χ1) is 13.7. The van der Waals surface area contributed by atoms with Crippen LogP contribution in [0.2, 0.25) is 5.02 Å². The van der Waals surface area contributed by atoms with E-state index in [1.54, 1.807) is 4.57 Å². The second kappa shape index (κ2) is 8.08. The Bertz CT molecular complexity index is 1010. The molecule has 0 spiro atoms. The third-order valence-corrected chi connectivity index (χ3v) is 4.55. The van der Waals surface area contributed by atoms with Crippen molar-refractivity contribution in [1.82, 2.24) is 19.7 Å². The summed E-state index contributed by atoms with van der Waals surface area (Å²) in [5.41, 5.74) is 5.08. The lowest BCUT2D eigenvalue weighted by Crippen LogP contribution is -2.39. The van der Waals surface area contributed by atoms with Gasteiger partial charge in [-0.15, -0.1) is 10.2 Å². The zero-order chi connectivity index (χ0) is 21.2. The highest BCUT2D eigenvalue weighted by atomic mass is 35.5. The van der Waals surface area contributed by atoms with Gasteiger partial charge in [0, 0.05) is 24.9 Å². The number of aliphatic imine (C=N–C) groups is 1. The molecule has 0 unspecified atom stereocenters. The second-order valence-electron chi connectivity index (χ2n) is 6.13. The summed E-state index contributed by atoms with van der Waals surface area (Å²) in [6.07, 6.45) is -0.291. The number of halogens is 4. The van der Waals surface area contributed by atoms with Crippen molar-refractivity contribution in [3.05, 3.63) is 64.9 Å². The molecule has 2 N–H and O–H groups in total. The third kappa shape index (κ3) is 4.32. The monoisotopic (exact) mass is 424 g/mol. The lowest BCUT2D eigenvalue weighted by Gasteiger charge is -2.28. The molecule has 1 amide bonds. The number of fused-ring (bicyclic) bond motifs is 1. The van der Waals surface area contributed by atoms with E-state index in [1.165, 1.54) is 29.5 Å². The van der Waals surface area contributed by atoms with Gasteiger partial charge in [0.05, 0.1) is 29.0 Å². The van der Waals surface area contributed by atoms with Gasteiger partial charge in [-0.05, 0) is 18.2 Å². The van der Waals surface area contributed by atoms with Gasteiger partial charge in [-0.3, -0.25) is 9.79 Å². The Morgan fingerprint density at radius 2 is 2.07 bits per heavy atom. The Labute approximate surface area is 169 Å². The molecule has 0 atom stereocenters. The summed E-state index contributed by atoms with van der Waals surface area (Å²) < 4.78 is 40.9. The largest absolute Gasteiger partial charge is 0.417 e. The van der Waals surface area contributed by atoms with Crippen molar-refractivity contribution >= 4 is 29.4 Å². The number of carbonyl (C=O) groups excluding carboxylic acids is 1. The molecule has 152 valence electrons. The van der Waals surface area contributed by atoms with E-state index in [0.29, 0.717) is 18.2 Å². The lowest BCUT2D eigenvalue weighted by molar-refractivity contribution is -0.137. The smallest absolute Gasteiger partial charge is 0.394 e. The first-order valence-corrected chi connectivity index (χ1v) is 8.78. The summed E-state index contributed by atoms with van der Waals surface area (Å²) >= 11 is 5.62. The molecular weight excluding hydrogens is 409 g/mol. The molecule has 0 aliphatic carbocycles. The summed E-state index contributed by atoms with van der Waals surface area (Å²) in [5.74, 6) is 0.315. The third-order valence-electron chi connectivity index (χ3n) is 4.22. The highest BCUT2D eigenvalue weighted by Gasteiger charge is 2.34. The van der Waals surface area contributed by atoms with E-state index in [1.807, 2.05) is 0 Å². The molecule has 3 rings (SSSR count). The van der Waals surface area contributed by atoms with E-state index in [-0.39, 0.29) is 24.4 Å². The first kappa shape index (κ1) is 20.6. The molecule has 0 saturated carbocycles. The van der Waals surface area contributed by atoms with Gasteiger partial charge in [0.2, 0.25) is 0 Å². The molecule has 0 fully saturated rings. The number of benzene rings is 1. The van der Waals surface area contributed by atoms with Gasteiger partial charge < -0.3 is 15.2 Å². The fourth-order valence-corrected chi connectivity index (χ4v) is 3.07. The quantitative estimate of drug-likeness (QED) is 0.764. The molecule has 2 heterocycles. The van der Waals surface area contributed by atoms with Gasteiger partial charge in [-0.1, -0.05) is 24.3 Å². The topological polar surface area (TPSA) is 89.4 Å². The zero-order valence-electron chi connectivity index (χ0n) is 15.0.